The molecular weight excluding hydrogens is 965 g/mol. The van der Waals surface area contributed by atoms with Gasteiger partial charge in [-0.15, -0.1) is 0 Å². The van der Waals surface area contributed by atoms with Gasteiger partial charge in [0.05, 0.1) is 65.0 Å². The summed E-state index contributed by atoms with van der Waals surface area (Å²) in [5, 5.41) is -2.47. The van der Waals surface area contributed by atoms with Crippen molar-refractivity contribution in [3.63, 3.8) is 0 Å². The Hall–Kier alpha value is -9.36. The zero-order valence-corrected chi connectivity index (χ0v) is 42.7. The molecule has 3 aromatic heterocycles. The first-order valence-electron chi connectivity index (χ1n) is 39.0. The molecule has 0 saturated heterocycles. The Bertz CT molecular complexity index is 5760. The average molecular weight is 1050 g/mol. The number of hydrogen-bond donors (Lipinski definition) is 0. The van der Waals surface area contributed by atoms with E-state index in [1.165, 1.54) is 12.1 Å². The molecule has 3 heterocycles. The summed E-state index contributed by atoms with van der Waals surface area (Å²) in [4.78, 5) is 4.68. The van der Waals surface area contributed by atoms with E-state index in [-0.39, 0.29) is 34.1 Å². The van der Waals surface area contributed by atoms with Crippen LogP contribution < -0.4 is 30.1 Å². The fraction of sp³-hybridized carbons (Fsp3) is 0.0833. The molecule has 0 aliphatic carbocycles. The molecule has 0 bridgehead atoms. The maximum Gasteiger partial charge on any atom is 0.269 e. The number of benzene rings is 10. The molecule has 13 aromatic rings. The number of aryl methyl sites for hydroxylation is 1. The summed E-state index contributed by atoms with van der Waals surface area (Å²) in [6.45, 7) is -0.476. The van der Waals surface area contributed by atoms with Crippen molar-refractivity contribution in [3.8, 4) is 50.9 Å². The highest BCUT2D eigenvalue weighted by atomic mass is 28.3. The molecule has 78 heavy (non-hydrogen) atoms. The van der Waals surface area contributed by atoms with Crippen LogP contribution in [0.1, 0.15) is 77.2 Å². The predicted molar refractivity (Wildman–Crippen MR) is 325 cm³/mol. The molecule has 0 unspecified atom stereocenters. The van der Waals surface area contributed by atoms with E-state index in [0.29, 0.717) is 38.7 Å². The lowest BCUT2D eigenvalue weighted by molar-refractivity contribution is -0.572. The highest BCUT2D eigenvalue weighted by Crippen LogP contribution is 2.38. The maximum atomic E-state index is 10.7. The van der Waals surface area contributed by atoms with Crippen LogP contribution in [-0.4, -0.2) is 22.2 Å². The molecule has 0 atom stereocenters. The van der Waals surface area contributed by atoms with Gasteiger partial charge in [-0.05, 0) is 116 Å². The van der Waals surface area contributed by atoms with E-state index in [4.69, 9.17) is 30.8 Å². The first kappa shape index (κ1) is 26.1. The van der Waals surface area contributed by atoms with E-state index < -0.39 is 209 Å². The fourth-order valence-corrected chi connectivity index (χ4v) is 13.7. The molecule has 0 saturated carbocycles. The normalized spacial score (nSPS) is 17.5. The monoisotopic (exact) mass is 1050 g/mol. The Morgan fingerprint density at radius 2 is 1.18 bits per heavy atom. The Kier molecular flexibility index (Phi) is 6.58. The smallest absolute Gasteiger partial charge is 0.269 e. The number of nitrogens with zero attached hydrogens (tertiary/aromatic N) is 4. The van der Waals surface area contributed by atoms with Gasteiger partial charge in [0.15, 0.2) is 8.07 Å². The van der Waals surface area contributed by atoms with Crippen molar-refractivity contribution in [3.05, 3.63) is 283 Å². The van der Waals surface area contributed by atoms with Crippen LogP contribution in [-0.2, 0) is 5.41 Å². The van der Waals surface area contributed by atoms with Crippen molar-refractivity contribution < 1.29 is 49.1 Å². The molecule has 0 radical (unpaired) electrons. The van der Waals surface area contributed by atoms with Crippen LogP contribution in [0.5, 0.6) is 11.5 Å². The van der Waals surface area contributed by atoms with Crippen molar-refractivity contribution >= 4 is 61.7 Å². The standard InChI is InChI=1S/C72H58N4OSi/c1-50-24-15-16-35-60(50)64-48-73-70(44-51(64)2)76-66-39-18-17-36-62(66)63-43-42-55(47-69(63)76)77-54-27-22-26-53(46-54)74-49-75(68-41-20-19-40-67(68)74)71-61(37-23-38-65(71)72(3,4)5)52-25-21-34-59(45-52)78(56-28-9-6-10-29-56,57-30-11-7-12-31-57)58-32-13-8-14-33-58/h6-48H,1-5H3/i1D3,2D3,6D,7D,8D,9D,10D,11D,12D,13D,14D,15D,16D,21D,24D,25D,28D,29D,30D,31D,32D,33D,34D,35D,45D. The van der Waals surface area contributed by atoms with E-state index in [9.17, 15) is 13.7 Å². The third-order valence-electron chi connectivity index (χ3n) is 13.6. The number of fused-ring (bicyclic) bond motifs is 4. The van der Waals surface area contributed by atoms with E-state index in [1.807, 2.05) is 32.9 Å². The number of rotatable bonds is 11. The van der Waals surface area contributed by atoms with Gasteiger partial charge in [0.25, 0.3) is 6.33 Å². The third kappa shape index (κ3) is 8.33. The lowest BCUT2D eigenvalue weighted by atomic mass is 9.83. The minimum Gasteiger partial charge on any atom is -0.458 e. The van der Waals surface area contributed by atoms with Crippen molar-refractivity contribution in [2.45, 2.75) is 39.9 Å². The lowest BCUT2D eigenvalue weighted by Gasteiger charge is -2.35. The van der Waals surface area contributed by atoms with Crippen molar-refractivity contribution in [1.82, 2.24) is 14.1 Å². The first-order valence-corrected chi connectivity index (χ1v) is 26.5. The van der Waals surface area contributed by atoms with Gasteiger partial charge < -0.3 is 4.74 Å². The van der Waals surface area contributed by atoms with Crippen molar-refractivity contribution in [2.24, 2.45) is 0 Å². The number of hydrogen-bond acceptors (Lipinski definition) is 2. The lowest BCUT2D eigenvalue weighted by Crippen LogP contribution is -2.74. The minimum absolute atomic E-state index is 0.0438. The van der Waals surface area contributed by atoms with Gasteiger partial charge >= 0.3 is 0 Å². The minimum atomic E-state index is -6.23. The topological polar surface area (TPSA) is 35.9 Å². The van der Waals surface area contributed by atoms with Gasteiger partial charge in [0.1, 0.15) is 17.3 Å². The number of imidazole rings is 1. The summed E-state index contributed by atoms with van der Waals surface area (Å²) in [6.07, 6.45) is 4.57. The Morgan fingerprint density at radius 3 is 1.91 bits per heavy atom. The van der Waals surface area contributed by atoms with E-state index >= 15 is 0 Å². The molecule has 0 aliphatic rings. The van der Waals surface area contributed by atoms with Gasteiger partial charge in [-0.25, -0.2) is 4.98 Å². The second kappa shape index (κ2) is 19.6. The Labute approximate surface area is 498 Å². The van der Waals surface area contributed by atoms with Crippen LogP contribution in [0.15, 0.2) is 260 Å². The molecule has 13 rings (SSSR count). The third-order valence-corrected chi connectivity index (χ3v) is 17.6. The number of aromatic nitrogens is 4. The highest BCUT2D eigenvalue weighted by molar-refractivity contribution is 7.19. The van der Waals surface area contributed by atoms with E-state index in [1.54, 1.807) is 105 Å². The zero-order valence-electron chi connectivity index (χ0n) is 70.7. The van der Waals surface area contributed by atoms with Gasteiger partial charge in [-0.3, -0.25) is 13.7 Å². The van der Waals surface area contributed by atoms with E-state index in [0.717, 1.165) is 11.6 Å². The Morgan fingerprint density at radius 1 is 0.538 bits per heavy atom. The summed E-state index contributed by atoms with van der Waals surface area (Å²) in [7, 11) is -6.23. The highest BCUT2D eigenvalue weighted by Gasteiger charge is 2.41. The maximum absolute atomic E-state index is 10.7. The van der Waals surface area contributed by atoms with Gasteiger partial charge in [0, 0.05) is 36.8 Å². The summed E-state index contributed by atoms with van der Waals surface area (Å²) in [5.41, 5.74) is -0.380. The van der Waals surface area contributed by atoms with E-state index in [2.05, 4.69) is 11.3 Å². The molecular formula is C72H58N4OSi. The predicted octanol–water partition coefficient (Wildman–Crippen LogP) is 14.6. The molecule has 0 fully saturated rings. The van der Waals surface area contributed by atoms with Crippen LogP contribution in [0.2, 0.25) is 0 Å². The molecule has 0 N–H and O–H groups in total. The second-order valence-electron chi connectivity index (χ2n) is 19.2. The molecule has 6 heteroatoms. The summed E-state index contributed by atoms with van der Waals surface area (Å²) >= 11 is 0. The van der Waals surface area contributed by atoms with Gasteiger partial charge in [0.2, 0.25) is 0 Å². The SMILES string of the molecule is [2H]c1c([2H])c([2H])c([Si](c2c([2H])c([2H])c([2H])c([2H])c2[2H])(c2c([2H])c([2H])c([2H])c([2H])c2[2H])c2c([2H])c([2H])c([2H])c(-c3cccc(C(C)(C)C)c3-[n+]3[c-]n(-c4cccc(Oc5ccc6c7ccccc7n(-c7cc(C([2H])([2H])[2H])c(-c8c([2H])c([2H])c([2H])c([2H])c8C([2H])([2H])[2H])cn7)c6c5)c4)c4ccccc43)c2[2H])c([2H])c1[2H]. The summed E-state index contributed by atoms with van der Waals surface area (Å²) in [5.74, 6) is 0.601. The fourth-order valence-electron chi connectivity index (χ4n) is 10.1. The molecule has 0 spiro atoms. The Balaban J connectivity index is 1.02. The van der Waals surface area contributed by atoms with Crippen LogP contribution in [0.4, 0.5) is 0 Å². The molecule has 376 valence electrons. The average Bonchev–Trinajstić information content (AvgIpc) is 1.29. The van der Waals surface area contributed by atoms with Gasteiger partial charge in [-0.2, -0.15) is 0 Å². The quantitative estimate of drug-likeness (QED) is 0.0560. The summed E-state index contributed by atoms with van der Waals surface area (Å²) < 4.78 is 276. The van der Waals surface area contributed by atoms with Crippen LogP contribution in [0.25, 0.3) is 72.3 Å². The first-order chi connectivity index (χ1) is 50.1. The van der Waals surface area contributed by atoms with Crippen LogP contribution in [0.3, 0.4) is 0 Å². The number of para-hydroxylation sites is 4. The van der Waals surface area contributed by atoms with Gasteiger partial charge in [-0.1, -0.05) is 226 Å². The van der Waals surface area contributed by atoms with Crippen molar-refractivity contribution in [2.75, 3.05) is 0 Å². The summed E-state index contributed by atoms with van der Waals surface area (Å²) in [6, 6.07) is 8.98. The van der Waals surface area contributed by atoms with Crippen LogP contribution >= 0.6 is 0 Å². The van der Waals surface area contributed by atoms with Crippen molar-refractivity contribution in [1.29, 1.82) is 0 Å². The van der Waals surface area contributed by atoms with Crippen LogP contribution in [0, 0.1) is 20.0 Å². The number of ether oxygens (including phenoxy) is 1. The number of pyridine rings is 1. The zero-order chi connectivity index (χ0) is 78.0. The molecule has 0 amide bonds. The molecule has 5 nitrogen and oxygen atoms in total. The second-order valence-corrected chi connectivity index (χ2v) is 22.7. The largest absolute Gasteiger partial charge is 0.458 e. The molecule has 0 aliphatic heterocycles. The molecule has 10 aromatic carbocycles.